The summed E-state index contributed by atoms with van der Waals surface area (Å²) >= 11 is 1.13. The molecule has 0 spiro atoms. The SMILES string of the molecule is CC1(NC(=O)CSCC(=O)O)CCC1. The van der Waals surface area contributed by atoms with Gasteiger partial charge in [0.15, 0.2) is 0 Å². The summed E-state index contributed by atoms with van der Waals surface area (Å²) < 4.78 is 0. The van der Waals surface area contributed by atoms with Gasteiger partial charge in [0.05, 0.1) is 11.5 Å². The van der Waals surface area contributed by atoms with Gasteiger partial charge in [0.2, 0.25) is 5.91 Å². The lowest BCUT2D eigenvalue weighted by Gasteiger charge is -2.39. The van der Waals surface area contributed by atoms with Gasteiger partial charge in [-0.3, -0.25) is 9.59 Å². The van der Waals surface area contributed by atoms with Crippen molar-refractivity contribution in [3.05, 3.63) is 0 Å². The summed E-state index contributed by atoms with van der Waals surface area (Å²) in [7, 11) is 0. The van der Waals surface area contributed by atoms with E-state index in [1.54, 1.807) is 0 Å². The Balaban J connectivity index is 2.13. The Kier molecular flexibility index (Phi) is 3.80. The maximum Gasteiger partial charge on any atom is 0.313 e. The van der Waals surface area contributed by atoms with E-state index in [1.807, 2.05) is 6.92 Å². The Hall–Kier alpha value is -0.710. The molecule has 2 N–H and O–H groups in total. The van der Waals surface area contributed by atoms with Crippen LogP contribution in [-0.2, 0) is 9.59 Å². The maximum absolute atomic E-state index is 11.3. The van der Waals surface area contributed by atoms with Crippen LogP contribution in [0.2, 0.25) is 0 Å². The lowest BCUT2D eigenvalue weighted by atomic mass is 9.78. The zero-order chi connectivity index (χ0) is 10.6. The molecule has 1 fully saturated rings. The van der Waals surface area contributed by atoms with Crippen LogP contribution < -0.4 is 5.32 Å². The smallest absolute Gasteiger partial charge is 0.313 e. The van der Waals surface area contributed by atoms with Gasteiger partial charge in [-0.15, -0.1) is 11.8 Å². The number of hydrogen-bond acceptors (Lipinski definition) is 3. The predicted molar refractivity (Wildman–Crippen MR) is 55.4 cm³/mol. The minimum atomic E-state index is -0.877. The number of carbonyl (C=O) groups excluding carboxylic acids is 1. The van der Waals surface area contributed by atoms with Crippen LogP contribution in [0.1, 0.15) is 26.2 Å². The van der Waals surface area contributed by atoms with Crippen LogP contribution in [0.5, 0.6) is 0 Å². The molecule has 1 amide bonds. The zero-order valence-corrected chi connectivity index (χ0v) is 9.02. The summed E-state index contributed by atoms with van der Waals surface area (Å²) in [5.41, 5.74) is -0.0269. The van der Waals surface area contributed by atoms with E-state index in [0.29, 0.717) is 0 Å². The quantitative estimate of drug-likeness (QED) is 0.717. The second-order valence-corrected chi connectivity index (χ2v) is 4.83. The molecule has 1 saturated carbocycles. The van der Waals surface area contributed by atoms with Crippen LogP contribution in [0.3, 0.4) is 0 Å². The van der Waals surface area contributed by atoms with Crippen molar-refractivity contribution in [2.24, 2.45) is 0 Å². The standard InChI is InChI=1S/C9H15NO3S/c1-9(3-2-4-9)10-7(11)5-14-6-8(12)13/h2-6H2,1H3,(H,10,11)(H,12,13). The number of rotatable bonds is 5. The summed E-state index contributed by atoms with van der Waals surface area (Å²) in [6, 6.07) is 0. The average molecular weight is 217 g/mol. The summed E-state index contributed by atoms with van der Waals surface area (Å²) in [5, 5.41) is 11.3. The molecular formula is C9H15NO3S. The summed E-state index contributed by atoms with van der Waals surface area (Å²) in [6.07, 6.45) is 3.23. The number of carboxylic acids is 1. The first-order valence-electron chi connectivity index (χ1n) is 4.62. The summed E-state index contributed by atoms with van der Waals surface area (Å²) in [6.45, 7) is 2.02. The molecule has 4 nitrogen and oxygen atoms in total. The highest BCUT2D eigenvalue weighted by Gasteiger charge is 2.32. The molecular weight excluding hydrogens is 202 g/mol. The van der Waals surface area contributed by atoms with Crippen molar-refractivity contribution in [2.75, 3.05) is 11.5 Å². The van der Waals surface area contributed by atoms with Crippen LogP contribution in [0.15, 0.2) is 0 Å². The van der Waals surface area contributed by atoms with Gasteiger partial charge in [0.25, 0.3) is 0 Å². The van der Waals surface area contributed by atoms with Crippen LogP contribution in [0.4, 0.5) is 0 Å². The molecule has 0 unspecified atom stereocenters. The molecule has 1 rings (SSSR count). The minimum absolute atomic E-state index is 0.00979. The van der Waals surface area contributed by atoms with E-state index >= 15 is 0 Å². The molecule has 0 saturated heterocycles. The lowest BCUT2D eigenvalue weighted by molar-refractivity contribution is -0.133. The van der Waals surface area contributed by atoms with Crippen LogP contribution in [0.25, 0.3) is 0 Å². The first kappa shape index (κ1) is 11.4. The Labute approximate surface area is 87.4 Å². The third-order valence-corrected chi connectivity index (χ3v) is 3.27. The van der Waals surface area contributed by atoms with Gasteiger partial charge in [-0.2, -0.15) is 0 Å². The second-order valence-electron chi connectivity index (χ2n) is 3.85. The van der Waals surface area contributed by atoms with E-state index in [-0.39, 0.29) is 23.0 Å². The monoisotopic (exact) mass is 217 g/mol. The molecule has 1 aliphatic carbocycles. The molecule has 80 valence electrons. The molecule has 14 heavy (non-hydrogen) atoms. The fourth-order valence-corrected chi connectivity index (χ4v) is 1.97. The van der Waals surface area contributed by atoms with E-state index < -0.39 is 5.97 Å². The van der Waals surface area contributed by atoms with Crippen LogP contribution in [0, 0.1) is 0 Å². The van der Waals surface area contributed by atoms with Gasteiger partial charge in [-0.05, 0) is 26.2 Å². The number of carbonyl (C=O) groups is 2. The number of aliphatic carboxylic acids is 1. The van der Waals surface area contributed by atoms with Gasteiger partial charge >= 0.3 is 5.97 Å². The highest BCUT2D eigenvalue weighted by atomic mass is 32.2. The topological polar surface area (TPSA) is 66.4 Å². The molecule has 0 radical (unpaired) electrons. The molecule has 0 aromatic carbocycles. The third-order valence-electron chi connectivity index (χ3n) is 2.36. The first-order chi connectivity index (χ1) is 6.52. The molecule has 0 aromatic rings. The van der Waals surface area contributed by atoms with Crippen molar-refractivity contribution in [1.29, 1.82) is 0 Å². The molecule has 0 heterocycles. The second kappa shape index (κ2) is 4.68. The van der Waals surface area contributed by atoms with E-state index in [9.17, 15) is 9.59 Å². The van der Waals surface area contributed by atoms with Gasteiger partial charge < -0.3 is 10.4 Å². The van der Waals surface area contributed by atoms with Gasteiger partial charge in [0, 0.05) is 5.54 Å². The fraction of sp³-hybridized carbons (Fsp3) is 0.778. The molecule has 0 aromatic heterocycles. The van der Waals surface area contributed by atoms with Gasteiger partial charge in [0.1, 0.15) is 0 Å². The van der Waals surface area contributed by atoms with Gasteiger partial charge in [-0.1, -0.05) is 0 Å². The third kappa shape index (κ3) is 3.57. The van der Waals surface area contributed by atoms with Crippen molar-refractivity contribution in [1.82, 2.24) is 5.32 Å². The van der Waals surface area contributed by atoms with Crippen LogP contribution in [-0.4, -0.2) is 34.0 Å². The molecule has 0 aliphatic heterocycles. The van der Waals surface area contributed by atoms with E-state index in [2.05, 4.69) is 5.32 Å². The average Bonchev–Trinajstić information content (AvgIpc) is 2.00. The lowest BCUT2D eigenvalue weighted by Crippen LogP contribution is -2.51. The van der Waals surface area contributed by atoms with E-state index in [1.165, 1.54) is 6.42 Å². The Morgan fingerprint density at radius 1 is 1.43 bits per heavy atom. The van der Waals surface area contributed by atoms with Crippen molar-refractivity contribution < 1.29 is 14.7 Å². The number of hydrogen-bond donors (Lipinski definition) is 2. The minimum Gasteiger partial charge on any atom is -0.481 e. The Morgan fingerprint density at radius 2 is 2.07 bits per heavy atom. The number of nitrogens with one attached hydrogen (secondary N) is 1. The van der Waals surface area contributed by atoms with Crippen molar-refractivity contribution >= 4 is 23.6 Å². The van der Waals surface area contributed by atoms with Crippen LogP contribution >= 0.6 is 11.8 Å². The Bertz CT molecular complexity index is 238. The van der Waals surface area contributed by atoms with E-state index in [0.717, 1.165) is 24.6 Å². The predicted octanol–water partition coefficient (Wildman–Crippen LogP) is 0.863. The molecule has 5 heteroatoms. The normalized spacial score (nSPS) is 18.4. The van der Waals surface area contributed by atoms with Crippen molar-refractivity contribution in [3.63, 3.8) is 0 Å². The fourth-order valence-electron chi connectivity index (χ4n) is 1.44. The number of carboxylic acid groups (broad SMARTS) is 1. The summed E-state index contributed by atoms with van der Waals surface area (Å²) in [4.78, 5) is 21.5. The number of thioether (sulfide) groups is 1. The maximum atomic E-state index is 11.3. The zero-order valence-electron chi connectivity index (χ0n) is 8.21. The van der Waals surface area contributed by atoms with Crippen molar-refractivity contribution in [3.8, 4) is 0 Å². The molecule has 0 atom stereocenters. The summed E-state index contributed by atoms with van der Waals surface area (Å²) in [5.74, 6) is -0.706. The molecule has 0 bridgehead atoms. The highest BCUT2D eigenvalue weighted by molar-refractivity contribution is 8.00. The van der Waals surface area contributed by atoms with Crippen molar-refractivity contribution in [2.45, 2.75) is 31.7 Å². The molecule has 1 aliphatic rings. The van der Waals surface area contributed by atoms with E-state index in [4.69, 9.17) is 5.11 Å². The Morgan fingerprint density at radius 3 is 2.50 bits per heavy atom. The largest absolute Gasteiger partial charge is 0.481 e. The highest BCUT2D eigenvalue weighted by Crippen LogP contribution is 2.30. The first-order valence-corrected chi connectivity index (χ1v) is 5.78. The van der Waals surface area contributed by atoms with Gasteiger partial charge in [-0.25, -0.2) is 0 Å². The number of amides is 1.